The van der Waals surface area contributed by atoms with Crippen LogP contribution in [-0.2, 0) is 13.0 Å². The zero-order chi connectivity index (χ0) is 18.2. The summed E-state index contributed by atoms with van der Waals surface area (Å²) in [5, 5.41) is 1.07. The van der Waals surface area contributed by atoms with Gasteiger partial charge in [-0.2, -0.15) is 0 Å². The van der Waals surface area contributed by atoms with Gasteiger partial charge in [0.2, 0.25) is 0 Å². The number of benzene rings is 2. The molecule has 0 amide bonds. The number of aromatic amines is 1. The number of likely N-dealkylation sites (tertiary alicyclic amines) is 1. The lowest BCUT2D eigenvalue weighted by atomic mass is 9.93. The lowest BCUT2D eigenvalue weighted by molar-refractivity contribution is 0.103. The highest BCUT2D eigenvalue weighted by Gasteiger charge is 2.30. The number of hydrogen-bond donors (Lipinski definition) is 1. The highest BCUT2D eigenvalue weighted by Crippen LogP contribution is 2.34. The van der Waals surface area contributed by atoms with Gasteiger partial charge in [-0.1, -0.05) is 54.6 Å². The first-order chi connectivity index (χ1) is 13.3. The standard InChI is InChI=1S/C24H24N2O/c27-24-19(15-22-23(24)20-8-4-5-9-21(20)25-22)14-17-10-12-26(13-11-17)16-18-6-2-1-3-7-18/h1-9,14,17,25H,10-13,15-16H2/b19-14-. The molecule has 2 aromatic carbocycles. The highest BCUT2D eigenvalue weighted by atomic mass is 16.1. The van der Waals surface area contributed by atoms with Crippen molar-refractivity contribution in [1.29, 1.82) is 0 Å². The average molecular weight is 356 g/mol. The van der Waals surface area contributed by atoms with Crippen molar-refractivity contribution in [3.05, 3.63) is 83.1 Å². The fraction of sp³-hybridized carbons (Fsp3) is 0.292. The first-order valence-electron chi connectivity index (χ1n) is 9.89. The fourth-order valence-corrected chi connectivity index (χ4v) is 4.56. The molecule has 27 heavy (non-hydrogen) atoms. The first kappa shape index (κ1) is 16.5. The molecule has 3 heteroatoms. The van der Waals surface area contributed by atoms with Crippen LogP contribution in [0.3, 0.4) is 0 Å². The molecule has 0 saturated carbocycles. The van der Waals surface area contributed by atoms with Crippen LogP contribution in [-0.4, -0.2) is 28.8 Å². The zero-order valence-electron chi connectivity index (χ0n) is 15.4. The van der Waals surface area contributed by atoms with E-state index in [0.717, 1.165) is 66.6 Å². The van der Waals surface area contributed by atoms with E-state index in [2.05, 4.69) is 46.3 Å². The summed E-state index contributed by atoms with van der Waals surface area (Å²) in [4.78, 5) is 18.9. The summed E-state index contributed by atoms with van der Waals surface area (Å²) in [6.07, 6.45) is 5.30. The van der Waals surface area contributed by atoms with E-state index in [0.29, 0.717) is 5.92 Å². The summed E-state index contributed by atoms with van der Waals surface area (Å²) in [5.74, 6) is 0.750. The number of allylic oxidation sites excluding steroid dienone is 2. The average Bonchev–Trinajstić information content (AvgIpc) is 3.21. The van der Waals surface area contributed by atoms with Gasteiger partial charge in [0.25, 0.3) is 0 Å². The Hall–Kier alpha value is -2.65. The summed E-state index contributed by atoms with van der Waals surface area (Å²) in [6.45, 7) is 3.23. The van der Waals surface area contributed by atoms with Crippen molar-refractivity contribution in [1.82, 2.24) is 9.88 Å². The van der Waals surface area contributed by atoms with Gasteiger partial charge in [0.1, 0.15) is 0 Å². The lowest BCUT2D eigenvalue weighted by Crippen LogP contribution is -2.32. The third-order valence-corrected chi connectivity index (χ3v) is 5.99. The largest absolute Gasteiger partial charge is 0.357 e. The van der Waals surface area contributed by atoms with Crippen molar-refractivity contribution >= 4 is 16.7 Å². The molecule has 3 nitrogen and oxygen atoms in total. The first-order valence-corrected chi connectivity index (χ1v) is 9.89. The number of ketones is 1. The third-order valence-electron chi connectivity index (χ3n) is 5.99. The van der Waals surface area contributed by atoms with E-state index >= 15 is 0 Å². The molecular formula is C24H24N2O. The number of fused-ring (bicyclic) bond motifs is 3. The van der Waals surface area contributed by atoms with E-state index in [1.165, 1.54) is 5.56 Å². The predicted octanol–water partition coefficient (Wildman–Crippen LogP) is 4.75. The van der Waals surface area contributed by atoms with Crippen molar-refractivity contribution in [2.75, 3.05) is 13.1 Å². The molecule has 0 unspecified atom stereocenters. The SMILES string of the molecule is O=C1/C(=C\C2CCN(Cc3ccccc3)CC2)Cc2[nH]c3ccccc3c21. The van der Waals surface area contributed by atoms with Gasteiger partial charge in [-0.3, -0.25) is 9.69 Å². The number of H-pyrrole nitrogens is 1. The van der Waals surface area contributed by atoms with Crippen molar-refractivity contribution < 1.29 is 4.79 Å². The fourth-order valence-electron chi connectivity index (χ4n) is 4.56. The quantitative estimate of drug-likeness (QED) is 0.688. The van der Waals surface area contributed by atoms with Crippen molar-refractivity contribution in [2.24, 2.45) is 5.92 Å². The van der Waals surface area contributed by atoms with Crippen LogP contribution in [0.15, 0.2) is 66.2 Å². The molecule has 136 valence electrons. The summed E-state index contributed by atoms with van der Waals surface area (Å²) in [5.41, 5.74) is 5.44. The van der Waals surface area contributed by atoms with Crippen LogP contribution in [0.2, 0.25) is 0 Å². The molecule has 2 aliphatic rings. The number of carbonyl (C=O) groups excluding carboxylic acids is 1. The van der Waals surface area contributed by atoms with Crippen molar-refractivity contribution in [3.63, 3.8) is 0 Å². The van der Waals surface area contributed by atoms with Gasteiger partial charge in [0.15, 0.2) is 5.78 Å². The second-order valence-corrected chi connectivity index (χ2v) is 7.82. The Morgan fingerprint density at radius 3 is 2.56 bits per heavy atom. The Labute approximate surface area is 159 Å². The third kappa shape index (κ3) is 3.13. The predicted molar refractivity (Wildman–Crippen MR) is 109 cm³/mol. The maximum atomic E-state index is 13.0. The Bertz CT molecular complexity index is 1010. The maximum Gasteiger partial charge on any atom is 0.191 e. The molecule has 1 N–H and O–H groups in total. The topological polar surface area (TPSA) is 36.1 Å². The van der Waals surface area contributed by atoms with E-state index in [-0.39, 0.29) is 5.78 Å². The second kappa shape index (κ2) is 6.82. The monoisotopic (exact) mass is 356 g/mol. The molecule has 1 aromatic heterocycles. The van der Waals surface area contributed by atoms with Crippen LogP contribution in [0.5, 0.6) is 0 Å². The van der Waals surface area contributed by atoms with Gasteiger partial charge >= 0.3 is 0 Å². The highest BCUT2D eigenvalue weighted by molar-refractivity contribution is 6.20. The maximum absolute atomic E-state index is 13.0. The minimum absolute atomic E-state index is 0.231. The zero-order valence-corrected chi connectivity index (χ0v) is 15.4. The van der Waals surface area contributed by atoms with Gasteiger partial charge in [0.05, 0.1) is 5.56 Å². The molecule has 1 fully saturated rings. The minimum atomic E-state index is 0.231. The molecule has 1 saturated heterocycles. The molecule has 0 radical (unpaired) electrons. The Morgan fingerprint density at radius 1 is 1.00 bits per heavy atom. The van der Waals surface area contributed by atoms with Gasteiger partial charge in [-0.05, 0) is 43.5 Å². The normalized spacial score (nSPS) is 19.9. The smallest absolute Gasteiger partial charge is 0.191 e. The molecule has 5 rings (SSSR count). The molecule has 1 aliphatic heterocycles. The van der Waals surface area contributed by atoms with Crippen molar-refractivity contribution in [2.45, 2.75) is 25.8 Å². The van der Waals surface area contributed by atoms with Crippen LogP contribution in [0.4, 0.5) is 0 Å². The van der Waals surface area contributed by atoms with E-state index in [1.807, 2.05) is 24.3 Å². The van der Waals surface area contributed by atoms with Crippen LogP contribution in [0.1, 0.15) is 34.5 Å². The Balaban J connectivity index is 1.26. The van der Waals surface area contributed by atoms with Crippen LogP contribution in [0, 0.1) is 5.92 Å². The van der Waals surface area contributed by atoms with Gasteiger partial charge in [-0.25, -0.2) is 0 Å². The summed E-state index contributed by atoms with van der Waals surface area (Å²) in [6, 6.07) is 18.8. The molecule has 3 aromatic rings. The van der Waals surface area contributed by atoms with Crippen molar-refractivity contribution in [3.8, 4) is 0 Å². The van der Waals surface area contributed by atoms with E-state index in [9.17, 15) is 4.79 Å². The number of aromatic nitrogens is 1. The Morgan fingerprint density at radius 2 is 1.74 bits per heavy atom. The summed E-state index contributed by atoms with van der Waals surface area (Å²) >= 11 is 0. The van der Waals surface area contributed by atoms with E-state index in [4.69, 9.17) is 0 Å². The number of Topliss-reactive ketones (excluding diaryl/α,β-unsaturated/α-hetero) is 1. The number of piperidine rings is 1. The number of rotatable bonds is 3. The van der Waals surface area contributed by atoms with Gasteiger partial charge < -0.3 is 4.98 Å². The lowest BCUT2D eigenvalue weighted by Gasteiger charge is -2.30. The Kier molecular flexibility index (Phi) is 4.17. The van der Waals surface area contributed by atoms with E-state index < -0.39 is 0 Å². The number of carbonyl (C=O) groups is 1. The molecule has 1 aliphatic carbocycles. The molecular weight excluding hydrogens is 332 g/mol. The molecule has 0 spiro atoms. The number of nitrogens with zero attached hydrogens (tertiary/aromatic N) is 1. The summed E-state index contributed by atoms with van der Waals surface area (Å²) < 4.78 is 0. The van der Waals surface area contributed by atoms with Gasteiger partial charge in [0, 0.05) is 35.1 Å². The summed E-state index contributed by atoms with van der Waals surface area (Å²) in [7, 11) is 0. The molecule has 0 atom stereocenters. The van der Waals surface area contributed by atoms with E-state index in [1.54, 1.807) is 0 Å². The number of para-hydroxylation sites is 1. The molecule has 2 heterocycles. The van der Waals surface area contributed by atoms with Crippen LogP contribution >= 0.6 is 0 Å². The minimum Gasteiger partial charge on any atom is -0.357 e. The molecule has 0 bridgehead atoms. The van der Waals surface area contributed by atoms with Crippen LogP contribution < -0.4 is 0 Å². The van der Waals surface area contributed by atoms with Gasteiger partial charge in [-0.15, -0.1) is 0 Å². The van der Waals surface area contributed by atoms with Crippen LogP contribution in [0.25, 0.3) is 10.9 Å². The second-order valence-electron chi connectivity index (χ2n) is 7.82. The number of hydrogen-bond acceptors (Lipinski definition) is 2. The number of nitrogens with one attached hydrogen (secondary N) is 1.